The summed E-state index contributed by atoms with van der Waals surface area (Å²) in [4.78, 5) is 12.4. The number of nitrogens with two attached hydrogens (primary N) is 1. The zero-order chi connectivity index (χ0) is 9.97. The number of rotatable bonds is 1. The van der Waals surface area contributed by atoms with Gasteiger partial charge in [0.05, 0.1) is 17.6 Å². The molecule has 4 nitrogen and oxygen atoms in total. The van der Waals surface area contributed by atoms with Crippen molar-refractivity contribution in [2.75, 3.05) is 5.73 Å². The maximum atomic E-state index is 5.63. The van der Waals surface area contributed by atoms with Crippen molar-refractivity contribution in [1.82, 2.24) is 15.0 Å². The molecule has 0 radical (unpaired) electrons. The number of nitrogen functional groups attached to an aromatic ring is 1. The van der Waals surface area contributed by atoms with Gasteiger partial charge in [0.25, 0.3) is 0 Å². The van der Waals surface area contributed by atoms with Gasteiger partial charge in [-0.3, -0.25) is 4.98 Å². The monoisotopic (exact) mass is 186 g/mol. The fraction of sp³-hybridized carbons (Fsp3) is 0.100. The molecule has 0 spiro atoms. The predicted octanol–water partition coefficient (Wildman–Crippen LogP) is 1.43. The third-order valence-electron chi connectivity index (χ3n) is 1.96. The van der Waals surface area contributed by atoms with Crippen LogP contribution in [0.15, 0.2) is 30.7 Å². The minimum Gasteiger partial charge on any atom is -0.396 e. The first kappa shape index (κ1) is 8.62. The zero-order valence-corrected chi connectivity index (χ0v) is 7.81. The quantitative estimate of drug-likeness (QED) is 0.731. The number of hydrogen-bond acceptors (Lipinski definition) is 4. The Morgan fingerprint density at radius 1 is 1.21 bits per heavy atom. The van der Waals surface area contributed by atoms with E-state index >= 15 is 0 Å². The Balaban J connectivity index is 2.48. The first-order valence-corrected chi connectivity index (χ1v) is 4.27. The Bertz CT molecular complexity index is 439. The summed E-state index contributed by atoms with van der Waals surface area (Å²) in [6.07, 6.45) is 5.05. The van der Waals surface area contributed by atoms with Crippen molar-refractivity contribution in [3.8, 4) is 11.4 Å². The Hall–Kier alpha value is -1.97. The first-order chi connectivity index (χ1) is 6.77. The van der Waals surface area contributed by atoms with E-state index in [9.17, 15) is 0 Å². The average molecular weight is 186 g/mol. The van der Waals surface area contributed by atoms with Crippen molar-refractivity contribution < 1.29 is 0 Å². The second-order valence-electron chi connectivity index (χ2n) is 2.97. The Kier molecular flexibility index (Phi) is 2.10. The van der Waals surface area contributed by atoms with Crippen LogP contribution in [0.4, 0.5) is 5.69 Å². The molecular weight excluding hydrogens is 176 g/mol. The van der Waals surface area contributed by atoms with Crippen LogP contribution in [-0.4, -0.2) is 15.0 Å². The number of hydrogen-bond donors (Lipinski definition) is 1. The van der Waals surface area contributed by atoms with Crippen molar-refractivity contribution in [3.05, 3.63) is 36.4 Å². The summed E-state index contributed by atoms with van der Waals surface area (Å²) >= 11 is 0. The van der Waals surface area contributed by atoms with Crippen molar-refractivity contribution in [1.29, 1.82) is 0 Å². The van der Waals surface area contributed by atoms with E-state index < -0.39 is 0 Å². The molecule has 0 unspecified atom stereocenters. The smallest absolute Gasteiger partial charge is 0.159 e. The molecule has 2 aromatic heterocycles. The molecule has 14 heavy (non-hydrogen) atoms. The van der Waals surface area contributed by atoms with Crippen molar-refractivity contribution in [2.45, 2.75) is 6.92 Å². The molecule has 0 aliphatic rings. The standard InChI is InChI=1S/C10H10N4/c1-7-9(11)6-13-10(14-7)8-2-4-12-5-3-8/h2-6H,11H2,1H3. The van der Waals surface area contributed by atoms with Crippen LogP contribution in [-0.2, 0) is 0 Å². The predicted molar refractivity (Wildman–Crippen MR) is 54.4 cm³/mol. The molecule has 2 rings (SSSR count). The SMILES string of the molecule is Cc1nc(-c2ccncc2)ncc1N. The topological polar surface area (TPSA) is 64.7 Å². The summed E-state index contributed by atoms with van der Waals surface area (Å²) in [5.74, 6) is 0.680. The molecule has 0 amide bonds. The lowest BCUT2D eigenvalue weighted by atomic mass is 10.2. The second-order valence-corrected chi connectivity index (χ2v) is 2.97. The molecule has 0 fully saturated rings. The summed E-state index contributed by atoms with van der Waals surface area (Å²) < 4.78 is 0. The summed E-state index contributed by atoms with van der Waals surface area (Å²) in [6, 6.07) is 3.73. The van der Waals surface area contributed by atoms with Crippen LogP contribution in [0.2, 0.25) is 0 Å². The summed E-state index contributed by atoms with van der Waals surface area (Å²) in [5.41, 5.74) is 7.99. The molecule has 0 saturated carbocycles. The Morgan fingerprint density at radius 3 is 2.57 bits per heavy atom. The highest BCUT2D eigenvalue weighted by molar-refractivity contribution is 5.55. The van der Waals surface area contributed by atoms with E-state index in [1.165, 1.54) is 0 Å². The number of aryl methyl sites for hydroxylation is 1. The van der Waals surface area contributed by atoms with Crippen LogP contribution in [0.1, 0.15) is 5.69 Å². The van der Waals surface area contributed by atoms with Gasteiger partial charge in [-0.15, -0.1) is 0 Å². The van der Waals surface area contributed by atoms with Crippen LogP contribution in [0.5, 0.6) is 0 Å². The minimum atomic E-state index is 0.614. The van der Waals surface area contributed by atoms with Gasteiger partial charge in [-0.25, -0.2) is 9.97 Å². The average Bonchev–Trinajstić information content (AvgIpc) is 2.23. The van der Waals surface area contributed by atoms with Gasteiger partial charge in [0, 0.05) is 18.0 Å². The highest BCUT2D eigenvalue weighted by atomic mass is 14.9. The van der Waals surface area contributed by atoms with Crippen molar-refractivity contribution in [2.24, 2.45) is 0 Å². The molecule has 0 aliphatic carbocycles. The molecule has 0 bridgehead atoms. The largest absolute Gasteiger partial charge is 0.396 e. The maximum Gasteiger partial charge on any atom is 0.159 e. The van der Waals surface area contributed by atoms with Gasteiger partial charge in [0.15, 0.2) is 5.82 Å². The molecule has 2 heterocycles. The fourth-order valence-electron chi connectivity index (χ4n) is 1.12. The molecular formula is C10H10N4. The lowest BCUT2D eigenvalue weighted by Gasteiger charge is -2.02. The van der Waals surface area contributed by atoms with E-state index in [0.717, 1.165) is 11.3 Å². The fourth-order valence-corrected chi connectivity index (χ4v) is 1.12. The van der Waals surface area contributed by atoms with Gasteiger partial charge >= 0.3 is 0 Å². The number of aromatic nitrogens is 3. The van der Waals surface area contributed by atoms with Crippen LogP contribution >= 0.6 is 0 Å². The van der Waals surface area contributed by atoms with Gasteiger partial charge in [0.1, 0.15) is 0 Å². The molecule has 70 valence electrons. The molecule has 0 aromatic carbocycles. The number of nitrogens with zero attached hydrogens (tertiary/aromatic N) is 3. The van der Waals surface area contributed by atoms with Gasteiger partial charge in [0.2, 0.25) is 0 Å². The Morgan fingerprint density at radius 2 is 1.93 bits per heavy atom. The summed E-state index contributed by atoms with van der Waals surface area (Å²) in [7, 11) is 0. The Labute approximate surface area is 81.9 Å². The van der Waals surface area contributed by atoms with Gasteiger partial charge < -0.3 is 5.73 Å². The van der Waals surface area contributed by atoms with Gasteiger partial charge in [-0.1, -0.05) is 0 Å². The summed E-state index contributed by atoms with van der Waals surface area (Å²) in [5, 5.41) is 0. The minimum absolute atomic E-state index is 0.614. The number of anilines is 1. The molecule has 0 atom stereocenters. The highest BCUT2D eigenvalue weighted by Gasteiger charge is 2.02. The third-order valence-corrected chi connectivity index (χ3v) is 1.96. The van der Waals surface area contributed by atoms with Crippen molar-refractivity contribution >= 4 is 5.69 Å². The molecule has 0 saturated heterocycles. The molecule has 2 aromatic rings. The summed E-state index contributed by atoms with van der Waals surface area (Å²) in [6.45, 7) is 1.86. The van der Waals surface area contributed by atoms with Crippen LogP contribution in [0.3, 0.4) is 0 Å². The van der Waals surface area contributed by atoms with Crippen molar-refractivity contribution in [3.63, 3.8) is 0 Å². The zero-order valence-electron chi connectivity index (χ0n) is 7.81. The molecule has 2 N–H and O–H groups in total. The van der Waals surface area contributed by atoms with Gasteiger partial charge in [-0.05, 0) is 19.1 Å². The third kappa shape index (κ3) is 1.54. The molecule has 0 aliphatic heterocycles. The van der Waals surface area contributed by atoms with E-state index in [0.29, 0.717) is 11.5 Å². The lowest BCUT2D eigenvalue weighted by Crippen LogP contribution is -1.97. The first-order valence-electron chi connectivity index (χ1n) is 4.27. The normalized spacial score (nSPS) is 10.1. The second kappa shape index (κ2) is 3.41. The van der Waals surface area contributed by atoms with Crippen LogP contribution in [0.25, 0.3) is 11.4 Å². The van der Waals surface area contributed by atoms with Gasteiger partial charge in [-0.2, -0.15) is 0 Å². The lowest BCUT2D eigenvalue weighted by molar-refractivity contribution is 1.11. The van der Waals surface area contributed by atoms with E-state index in [4.69, 9.17) is 5.73 Å². The van der Waals surface area contributed by atoms with E-state index in [1.807, 2.05) is 19.1 Å². The van der Waals surface area contributed by atoms with Crippen LogP contribution < -0.4 is 5.73 Å². The number of pyridine rings is 1. The molecule has 4 heteroatoms. The van der Waals surface area contributed by atoms with Crippen LogP contribution in [0, 0.1) is 6.92 Å². The van der Waals surface area contributed by atoms with E-state index in [2.05, 4.69) is 15.0 Å². The van der Waals surface area contributed by atoms with E-state index in [-0.39, 0.29) is 0 Å². The van der Waals surface area contributed by atoms with E-state index in [1.54, 1.807) is 18.6 Å². The highest BCUT2D eigenvalue weighted by Crippen LogP contribution is 2.15. The maximum absolute atomic E-state index is 5.63.